The number of carbonyl (C=O) groups excluding carboxylic acids is 5. The van der Waals surface area contributed by atoms with Gasteiger partial charge in [-0.3, -0.25) is 24.0 Å². The molecule has 7 atom stereocenters. The number of aliphatic hydroxyl groups excluding tert-OH is 2. The number of nitrogens with zero attached hydrogens (tertiary/aromatic N) is 2. The summed E-state index contributed by atoms with van der Waals surface area (Å²) in [7, 11) is 0. The zero-order valence-corrected chi connectivity index (χ0v) is 19.8. The predicted molar refractivity (Wildman–Crippen MR) is 120 cm³/mol. The second kappa shape index (κ2) is 11.6. The summed E-state index contributed by atoms with van der Waals surface area (Å²) >= 11 is 0. The second-order valence-corrected chi connectivity index (χ2v) is 9.02. The highest BCUT2D eigenvalue weighted by Crippen LogP contribution is 2.26. The molecular formula is C21H36N6O7. The fourth-order valence-electron chi connectivity index (χ4n) is 4.31. The minimum atomic E-state index is -1.30. The Labute approximate surface area is 198 Å². The van der Waals surface area contributed by atoms with E-state index < -0.39 is 72.0 Å². The van der Waals surface area contributed by atoms with Crippen molar-refractivity contribution in [3.8, 4) is 0 Å². The number of amides is 5. The molecule has 2 rings (SSSR count). The summed E-state index contributed by atoms with van der Waals surface area (Å²) in [6, 6.07) is -5.20. The Kier molecular flexibility index (Phi) is 9.36. The van der Waals surface area contributed by atoms with E-state index in [4.69, 9.17) is 11.5 Å². The summed E-state index contributed by atoms with van der Waals surface area (Å²) in [4.78, 5) is 65.6. The van der Waals surface area contributed by atoms with Crippen molar-refractivity contribution in [2.24, 2.45) is 11.5 Å². The highest BCUT2D eigenvalue weighted by atomic mass is 16.3. The molecule has 0 aromatic heterocycles. The minimum Gasteiger partial charge on any atom is -0.391 e. The first kappa shape index (κ1) is 27.5. The van der Waals surface area contributed by atoms with Gasteiger partial charge in [-0.1, -0.05) is 0 Å². The van der Waals surface area contributed by atoms with Gasteiger partial charge in [-0.2, -0.15) is 0 Å². The topological polar surface area (TPSA) is 208 Å². The zero-order chi connectivity index (χ0) is 25.7. The third kappa shape index (κ3) is 6.21. The first-order valence-electron chi connectivity index (χ1n) is 11.5. The number of aliphatic hydroxyl groups is 2. The summed E-state index contributed by atoms with van der Waals surface area (Å²) in [6.45, 7) is 4.66. The number of rotatable bonds is 9. The standard InChI is InChI=1S/C21H36N6O7/c1-10(22)18(31)25-16(12(3)29)21(34)27-9-5-7-14(27)20(33)26-8-4-6-13(26)19(32)24-15(11(2)28)17(23)30/h10-16,28-29H,4-9,22H2,1-3H3,(H2,23,30)(H,24,32)(H,25,31)/t10-,11-,12-,13+,14+,15+,16+/m1/s1. The average Bonchev–Trinajstić information content (AvgIpc) is 3.43. The Balaban J connectivity index is 2.16. The van der Waals surface area contributed by atoms with Crippen LogP contribution in [0.15, 0.2) is 0 Å². The maximum absolute atomic E-state index is 13.4. The van der Waals surface area contributed by atoms with Crippen LogP contribution in [-0.2, 0) is 24.0 Å². The SMILES string of the molecule is C[C@@H](N)C(=O)N[C@H](C(=O)N1CCC[C@H]1C(=O)N1CCC[C@H]1C(=O)N[C@H](C(N)=O)[C@@H](C)O)[C@@H](C)O. The molecular weight excluding hydrogens is 448 g/mol. The number of primary amides is 1. The fraction of sp³-hybridized carbons (Fsp3) is 0.762. The normalized spacial score (nSPS) is 24.6. The van der Waals surface area contributed by atoms with Crippen LogP contribution in [-0.4, -0.2) is 105 Å². The van der Waals surface area contributed by atoms with Crippen LogP contribution in [0.25, 0.3) is 0 Å². The molecule has 2 aliphatic heterocycles. The molecule has 5 amide bonds. The van der Waals surface area contributed by atoms with E-state index in [0.29, 0.717) is 25.7 Å². The van der Waals surface area contributed by atoms with E-state index in [1.807, 2.05) is 0 Å². The Bertz CT molecular complexity index is 802. The molecule has 192 valence electrons. The molecule has 0 aromatic carbocycles. The summed E-state index contributed by atoms with van der Waals surface area (Å²) in [5.74, 6) is -3.16. The number of hydrogen-bond acceptors (Lipinski definition) is 8. The summed E-state index contributed by atoms with van der Waals surface area (Å²) < 4.78 is 0. The molecule has 0 aliphatic carbocycles. The van der Waals surface area contributed by atoms with Gasteiger partial charge in [-0.25, -0.2) is 0 Å². The highest BCUT2D eigenvalue weighted by Gasteiger charge is 2.44. The van der Waals surface area contributed by atoms with E-state index >= 15 is 0 Å². The average molecular weight is 485 g/mol. The minimum absolute atomic E-state index is 0.253. The van der Waals surface area contributed by atoms with Gasteiger partial charge in [0.05, 0.1) is 18.2 Å². The molecule has 2 fully saturated rings. The number of hydrogen-bond donors (Lipinski definition) is 6. The first-order chi connectivity index (χ1) is 15.9. The van der Waals surface area contributed by atoms with Gasteiger partial charge in [-0.05, 0) is 46.5 Å². The molecule has 0 saturated carbocycles. The van der Waals surface area contributed by atoms with E-state index in [9.17, 15) is 34.2 Å². The van der Waals surface area contributed by atoms with E-state index in [1.54, 1.807) is 0 Å². The Morgan fingerprint density at radius 3 is 1.88 bits per heavy atom. The predicted octanol–water partition coefficient (Wildman–Crippen LogP) is -3.47. The van der Waals surface area contributed by atoms with Crippen molar-refractivity contribution in [1.82, 2.24) is 20.4 Å². The lowest BCUT2D eigenvalue weighted by atomic mass is 10.1. The maximum atomic E-state index is 13.4. The lowest BCUT2D eigenvalue weighted by molar-refractivity contribution is -0.149. The molecule has 0 aromatic rings. The molecule has 13 heteroatoms. The molecule has 8 N–H and O–H groups in total. The third-order valence-electron chi connectivity index (χ3n) is 6.21. The number of nitrogens with one attached hydrogen (secondary N) is 2. The van der Waals surface area contributed by atoms with Crippen LogP contribution in [0.2, 0.25) is 0 Å². The lowest BCUT2D eigenvalue weighted by Crippen LogP contribution is -2.60. The van der Waals surface area contributed by atoms with Crippen molar-refractivity contribution in [2.75, 3.05) is 13.1 Å². The molecule has 13 nitrogen and oxygen atoms in total. The van der Waals surface area contributed by atoms with Gasteiger partial charge >= 0.3 is 0 Å². The Morgan fingerprint density at radius 1 is 0.853 bits per heavy atom. The highest BCUT2D eigenvalue weighted by molar-refractivity contribution is 5.96. The second-order valence-electron chi connectivity index (χ2n) is 9.02. The molecule has 0 spiro atoms. The fourth-order valence-corrected chi connectivity index (χ4v) is 4.31. The van der Waals surface area contributed by atoms with E-state index in [0.717, 1.165) is 0 Å². The molecule has 2 heterocycles. The first-order valence-corrected chi connectivity index (χ1v) is 11.5. The Morgan fingerprint density at radius 2 is 1.38 bits per heavy atom. The van der Waals surface area contributed by atoms with Crippen molar-refractivity contribution in [2.45, 2.75) is 88.9 Å². The summed E-state index contributed by atoms with van der Waals surface area (Å²) in [5.41, 5.74) is 10.8. The van der Waals surface area contributed by atoms with Crippen LogP contribution in [0.1, 0.15) is 46.5 Å². The van der Waals surface area contributed by atoms with Crippen LogP contribution >= 0.6 is 0 Å². The quantitative estimate of drug-likeness (QED) is 0.193. The van der Waals surface area contributed by atoms with Gasteiger partial charge in [0.2, 0.25) is 29.5 Å². The van der Waals surface area contributed by atoms with E-state index in [-0.39, 0.29) is 13.1 Å². The smallest absolute Gasteiger partial charge is 0.248 e. The Hall–Kier alpha value is -2.77. The van der Waals surface area contributed by atoms with Crippen molar-refractivity contribution >= 4 is 29.5 Å². The molecule has 0 radical (unpaired) electrons. The molecule has 2 saturated heterocycles. The van der Waals surface area contributed by atoms with Crippen molar-refractivity contribution < 1.29 is 34.2 Å². The van der Waals surface area contributed by atoms with Gasteiger partial charge in [-0.15, -0.1) is 0 Å². The molecule has 0 unspecified atom stereocenters. The molecule has 2 aliphatic rings. The lowest BCUT2D eigenvalue weighted by Gasteiger charge is -2.34. The van der Waals surface area contributed by atoms with Crippen LogP contribution in [0, 0.1) is 0 Å². The van der Waals surface area contributed by atoms with Crippen LogP contribution in [0.4, 0.5) is 0 Å². The van der Waals surface area contributed by atoms with E-state index in [1.165, 1.54) is 30.6 Å². The van der Waals surface area contributed by atoms with Crippen LogP contribution < -0.4 is 22.1 Å². The molecule has 34 heavy (non-hydrogen) atoms. The van der Waals surface area contributed by atoms with Gasteiger partial charge in [0.15, 0.2) is 0 Å². The summed E-state index contributed by atoms with van der Waals surface area (Å²) in [6.07, 6.45) is -0.639. The van der Waals surface area contributed by atoms with Crippen molar-refractivity contribution in [3.63, 3.8) is 0 Å². The van der Waals surface area contributed by atoms with Gasteiger partial charge in [0.25, 0.3) is 0 Å². The van der Waals surface area contributed by atoms with Gasteiger partial charge < -0.3 is 42.1 Å². The van der Waals surface area contributed by atoms with Crippen LogP contribution in [0.3, 0.4) is 0 Å². The van der Waals surface area contributed by atoms with Crippen molar-refractivity contribution in [1.29, 1.82) is 0 Å². The monoisotopic (exact) mass is 484 g/mol. The van der Waals surface area contributed by atoms with E-state index in [2.05, 4.69) is 10.6 Å². The zero-order valence-electron chi connectivity index (χ0n) is 19.8. The maximum Gasteiger partial charge on any atom is 0.248 e. The third-order valence-corrected chi connectivity index (χ3v) is 6.21. The summed E-state index contributed by atoms with van der Waals surface area (Å²) in [5, 5.41) is 24.6. The largest absolute Gasteiger partial charge is 0.391 e. The van der Waals surface area contributed by atoms with Gasteiger partial charge in [0.1, 0.15) is 24.2 Å². The number of nitrogens with two attached hydrogens (primary N) is 2. The van der Waals surface area contributed by atoms with Gasteiger partial charge in [0, 0.05) is 13.1 Å². The van der Waals surface area contributed by atoms with Crippen molar-refractivity contribution in [3.05, 3.63) is 0 Å². The van der Waals surface area contributed by atoms with Crippen LogP contribution in [0.5, 0.6) is 0 Å². The molecule has 0 bridgehead atoms. The number of likely N-dealkylation sites (tertiary alicyclic amines) is 2. The number of carbonyl (C=O) groups is 5.